The van der Waals surface area contributed by atoms with Crippen LogP contribution < -0.4 is 5.32 Å². The molecule has 106 valence electrons. The predicted molar refractivity (Wildman–Crippen MR) is 90.3 cm³/mol. The fraction of sp³-hybridized carbons (Fsp3) is 0.158. The van der Waals surface area contributed by atoms with E-state index in [-0.39, 0.29) is 0 Å². The van der Waals surface area contributed by atoms with Gasteiger partial charge < -0.3 is 10.3 Å². The lowest BCUT2D eigenvalue weighted by Gasteiger charge is -2.01. The molecule has 0 spiro atoms. The van der Waals surface area contributed by atoms with Gasteiger partial charge >= 0.3 is 0 Å². The second-order valence-corrected chi connectivity index (χ2v) is 5.13. The highest BCUT2D eigenvalue weighted by Gasteiger charge is 2.01. The largest absolute Gasteiger partial charge is 0.361 e. The molecule has 0 saturated carbocycles. The highest BCUT2D eigenvalue weighted by Crippen LogP contribution is 2.17. The van der Waals surface area contributed by atoms with Crippen LogP contribution in [0.3, 0.4) is 0 Å². The smallest absolute Gasteiger partial charge is 0.0456 e. The number of hydrogen-bond donors (Lipinski definition) is 2. The zero-order valence-corrected chi connectivity index (χ0v) is 12.0. The molecule has 0 aliphatic carbocycles. The summed E-state index contributed by atoms with van der Waals surface area (Å²) in [5.74, 6) is 0. The first-order valence-electron chi connectivity index (χ1n) is 7.41. The molecule has 0 aliphatic heterocycles. The fourth-order valence-electron chi connectivity index (χ4n) is 2.51. The number of aromatic nitrogens is 1. The van der Waals surface area contributed by atoms with E-state index in [0.717, 1.165) is 19.5 Å². The van der Waals surface area contributed by atoms with Gasteiger partial charge in [-0.1, -0.05) is 60.7 Å². The van der Waals surface area contributed by atoms with Crippen molar-refractivity contribution in [2.45, 2.75) is 6.42 Å². The van der Waals surface area contributed by atoms with Gasteiger partial charge in [-0.25, -0.2) is 0 Å². The molecule has 21 heavy (non-hydrogen) atoms. The van der Waals surface area contributed by atoms with E-state index >= 15 is 0 Å². The molecule has 2 heteroatoms. The molecule has 3 aromatic rings. The molecule has 2 N–H and O–H groups in total. The summed E-state index contributed by atoms with van der Waals surface area (Å²) >= 11 is 0. The molecule has 0 bridgehead atoms. The number of fused-ring (bicyclic) bond motifs is 1. The van der Waals surface area contributed by atoms with E-state index in [0.29, 0.717) is 0 Å². The van der Waals surface area contributed by atoms with Crippen LogP contribution in [0.25, 0.3) is 17.0 Å². The van der Waals surface area contributed by atoms with Gasteiger partial charge in [0.05, 0.1) is 0 Å². The maximum Gasteiger partial charge on any atom is 0.0456 e. The Labute approximate surface area is 125 Å². The fourth-order valence-corrected chi connectivity index (χ4v) is 2.51. The Morgan fingerprint density at radius 1 is 0.952 bits per heavy atom. The van der Waals surface area contributed by atoms with Gasteiger partial charge in [-0.15, -0.1) is 0 Å². The maximum atomic E-state index is 3.46. The van der Waals surface area contributed by atoms with Crippen LogP contribution in [0, 0.1) is 0 Å². The van der Waals surface area contributed by atoms with Crippen LogP contribution >= 0.6 is 0 Å². The third-order valence-corrected chi connectivity index (χ3v) is 3.62. The van der Waals surface area contributed by atoms with Crippen molar-refractivity contribution < 1.29 is 0 Å². The van der Waals surface area contributed by atoms with Gasteiger partial charge in [0.25, 0.3) is 0 Å². The molecule has 2 aromatic carbocycles. The number of para-hydroxylation sites is 1. The molecule has 1 heterocycles. The Bertz CT molecular complexity index is 711. The van der Waals surface area contributed by atoms with E-state index in [9.17, 15) is 0 Å². The Kier molecular flexibility index (Phi) is 4.49. The topological polar surface area (TPSA) is 27.8 Å². The maximum absolute atomic E-state index is 3.46. The number of hydrogen-bond acceptors (Lipinski definition) is 1. The summed E-state index contributed by atoms with van der Waals surface area (Å²) in [5.41, 5.74) is 3.84. The zero-order valence-electron chi connectivity index (χ0n) is 12.0. The Balaban J connectivity index is 1.45. The van der Waals surface area contributed by atoms with Crippen LogP contribution in [0.15, 0.2) is 66.9 Å². The van der Waals surface area contributed by atoms with Gasteiger partial charge in [0.2, 0.25) is 0 Å². The average Bonchev–Trinajstić information content (AvgIpc) is 2.95. The predicted octanol–water partition coefficient (Wildman–Crippen LogP) is 4.01. The summed E-state index contributed by atoms with van der Waals surface area (Å²) in [6, 6.07) is 18.8. The lowest BCUT2D eigenvalue weighted by atomic mass is 10.1. The lowest BCUT2D eigenvalue weighted by molar-refractivity contribution is 0.748. The Morgan fingerprint density at radius 3 is 2.67 bits per heavy atom. The SMILES string of the molecule is C(=C/c1ccccc1)/CNCCc1c[nH]c2ccccc12. The molecule has 2 nitrogen and oxygen atoms in total. The average molecular weight is 276 g/mol. The molecular weight excluding hydrogens is 256 g/mol. The van der Waals surface area contributed by atoms with Gasteiger partial charge in [0, 0.05) is 23.6 Å². The molecular formula is C19H20N2. The van der Waals surface area contributed by atoms with Crippen molar-refractivity contribution in [2.24, 2.45) is 0 Å². The zero-order chi connectivity index (χ0) is 14.3. The second-order valence-electron chi connectivity index (χ2n) is 5.13. The molecule has 0 amide bonds. The molecule has 0 atom stereocenters. The first-order valence-corrected chi connectivity index (χ1v) is 7.41. The standard InChI is InChI=1S/C19H20N2/c1-2-7-16(8-3-1)9-6-13-20-14-12-17-15-21-19-11-5-4-10-18(17)19/h1-11,15,20-21H,12-14H2/b9-6-. The molecule has 0 saturated heterocycles. The van der Waals surface area contributed by atoms with E-state index in [1.807, 2.05) is 6.07 Å². The van der Waals surface area contributed by atoms with Crippen molar-refractivity contribution in [1.82, 2.24) is 10.3 Å². The van der Waals surface area contributed by atoms with Crippen LogP contribution in [0.5, 0.6) is 0 Å². The minimum atomic E-state index is 0.900. The summed E-state index contributed by atoms with van der Waals surface area (Å²) in [4.78, 5) is 3.32. The molecule has 1 aromatic heterocycles. The minimum absolute atomic E-state index is 0.900. The Morgan fingerprint density at radius 2 is 1.76 bits per heavy atom. The van der Waals surface area contributed by atoms with E-state index < -0.39 is 0 Å². The van der Waals surface area contributed by atoms with Gasteiger partial charge in [-0.05, 0) is 30.2 Å². The monoisotopic (exact) mass is 276 g/mol. The van der Waals surface area contributed by atoms with Gasteiger partial charge in [0.15, 0.2) is 0 Å². The van der Waals surface area contributed by atoms with Crippen molar-refractivity contribution in [2.75, 3.05) is 13.1 Å². The lowest BCUT2D eigenvalue weighted by Crippen LogP contribution is -2.16. The van der Waals surface area contributed by atoms with Crippen molar-refractivity contribution >= 4 is 17.0 Å². The van der Waals surface area contributed by atoms with E-state index in [1.54, 1.807) is 0 Å². The number of rotatable bonds is 6. The van der Waals surface area contributed by atoms with Crippen LogP contribution in [-0.2, 0) is 6.42 Å². The number of nitrogens with one attached hydrogen (secondary N) is 2. The van der Waals surface area contributed by atoms with Crippen molar-refractivity contribution in [1.29, 1.82) is 0 Å². The van der Waals surface area contributed by atoms with Gasteiger partial charge in [-0.3, -0.25) is 0 Å². The van der Waals surface area contributed by atoms with Crippen molar-refractivity contribution in [3.63, 3.8) is 0 Å². The number of H-pyrrole nitrogens is 1. The highest BCUT2D eigenvalue weighted by atomic mass is 14.8. The quantitative estimate of drug-likeness (QED) is 0.654. The second kappa shape index (κ2) is 6.91. The minimum Gasteiger partial charge on any atom is -0.361 e. The van der Waals surface area contributed by atoms with Crippen LogP contribution in [0.4, 0.5) is 0 Å². The number of benzene rings is 2. The van der Waals surface area contributed by atoms with E-state index in [1.165, 1.54) is 22.0 Å². The van der Waals surface area contributed by atoms with E-state index in [2.05, 4.69) is 77.2 Å². The molecule has 0 unspecified atom stereocenters. The third-order valence-electron chi connectivity index (χ3n) is 3.62. The summed E-state index contributed by atoms with van der Waals surface area (Å²) in [6.07, 6.45) is 7.48. The van der Waals surface area contributed by atoms with Gasteiger partial charge in [0.1, 0.15) is 0 Å². The molecule has 3 rings (SSSR count). The van der Waals surface area contributed by atoms with Crippen LogP contribution in [0.1, 0.15) is 11.1 Å². The summed E-state index contributed by atoms with van der Waals surface area (Å²) < 4.78 is 0. The number of aromatic amines is 1. The van der Waals surface area contributed by atoms with Crippen molar-refractivity contribution in [3.8, 4) is 0 Å². The highest BCUT2D eigenvalue weighted by molar-refractivity contribution is 5.83. The first kappa shape index (κ1) is 13.7. The molecule has 0 fully saturated rings. The summed E-state index contributed by atoms with van der Waals surface area (Å²) in [5, 5.41) is 4.79. The van der Waals surface area contributed by atoms with Crippen molar-refractivity contribution in [3.05, 3.63) is 78.0 Å². The third kappa shape index (κ3) is 3.61. The van der Waals surface area contributed by atoms with E-state index in [4.69, 9.17) is 0 Å². The van der Waals surface area contributed by atoms with Gasteiger partial charge in [-0.2, -0.15) is 0 Å². The summed E-state index contributed by atoms with van der Waals surface area (Å²) in [7, 11) is 0. The van der Waals surface area contributed by atoms with Crippen LogP contribution in [0.2, 0.25) is 0 Å². The van der Waals surface area contributed by atoms with Crippen LogP contribution in [-0.4, -0.2) is 18.1 Å². The normalized spacial score (nSPS) is 11.4. The summed E-state index contributed by atoms with van der Waals surface area (Å²) in [6.45, 7) is 1.89. The first-order chi connectivity index (χ1) is 10.4. The molecule has 0 radical (unpaired) electrons. The Hall–Kier alpha value is -2.32. The molecule has 0 aliphatic rings.